The largest absolute Gasteiger partial charge is 0.444 e. The Morgan fingerprint density at radius 3 is 2.92 bits per heavy atom. The van der Waals surface area contributed by atoms with Crippen LogP contribution in [0.15, 0.2) is 23.4 Å². The van der Waals surface area contributed by atoms with Gasteiger partial charge in [-0.1, -0.05) is 0 Å². The molecule has 1 amide bonds. The maximum absolute atomic E-state index is 12.7. The third kappa shape index (κ3) is 4.78. The summed E-state index contributed by atoms with van der Waals surface area (Å²) in [5.74, 6) is 0.269. The standard InChI is InChI=1S/C17H23N3O3S/c1-17(2,3)23-16(21)20-10-5-4-8-14(20)12-24(22)15-13(11-18)7-6-9-19-15/h6-7,9,14H,4-5,8,10,12H2,1-3H3/t14-,24-/m1/s1. The van der Waals surface area contributed by atoms with Gasteiger partial charge in [-0.3, -0.25) is 4.21 Å². The number of nitriles is 1. The van der Waals surface area contributed by atoms with E-state index in [4.69, 9.17) is 10.00 Å². The van der Waals surface area contributed by atoms with Crippen LogP contribution in [0, 0.1) is 11.3 Å². The Morgan fingerprint density at radius 2 is 2.25 bits per heavy atom. The van der Waals surface area contributed by atoms with E-state index in [9.17, 15) is 9.00 Å². The molecule has 2 rings (SSSR count). The highest BCUT2D eigenvalue weighted by Crippen LogP contribution is 2.22. The highest BCUT2D eigenvalue weighted by atomic mass is 32.2. The molecule has 0 aliphatic carbocycles. The first-order valence-electron chi connectivity index (χ1n) is 8.05. The minimum atomic E-state index is -1.44. The molecule has 2 heterocycles. The molecule has 24 heavy (non-hydrogen) atoms. The Bertz CT molecular complexity index is 664. The predicted molar refractivity (Wildman–Crippen MR) is 90.8 cm³/mol. The van der Waals surface area contributed by atoms with Crippen molar-refractivity contribution in [2.75, 3.05) is 12.3 Å². The van der Waals surface area contributed by atoms with E-state index in [2.05, 4.69) is 4.98 Å². The van der Waals surface area contributed by atoms with Crippen LogP contribution in [0.5, 0.6) is 0 Å². The summed E-state index contributed by atoms with van der Waals surface area (Å²) in [7, 11) is -1.44. The number of nitrogens with zero attached hydrogens (tertiary/aromatic N) is 3. The van der Waals surface area contributed by atoms with Crippen LogP contribution in [-0.2, 0) is 15.5 Å². The Morgan fingerprint density at radius 1 is 1.50 bits per heavy atom. The molecular weight excluding hydrogens is 326 g/mol. The molecule has 1 aromatic rings. The van der Waals surface area contributed by atoms with E-state index < -0.39 is 16.4 Å². The topological polar surface area (TPSA) is 83.3 Å². The Hall–Kier alpha value is -1.94. The number of carbonyl (C=O) groups is 1. The van der Waals surface area contributed by atoms with Crippen LogP contribution in [0.3, 0.4) is 0 Å². The second kappa shape index (κ2) is 7.75. The van der Waals surface area contributed by atoms with Gasteiger partial charge in [-0.05, 0) is 52.2 Å². The number of aromatic nitrogens is 1. The zero-order valence-corrected chi connectivity index (χ0v) is 15.1. The molecule has 1 aliphatic rings. The number of ether oxygens (including phenoxy) is 1. The van der Waals surface area contributed by atoms with E-state index >= 15 is 0 Å². The summed E-state index contributed by atoms with van der Waals surface area (Å²) in [5.41, 5.74) is -0.247. The average molecular weight is 349 g/mol. The molecule has 0 N–H and O–H groups in total. The smallest absolute Gasteiger partial charge is 0.410 e. The number of piperidine rings is 1. The Kier molecular flexibility index (Phi) is 5.94. The number of likely N-dealkylation sites (tertiary alicyclic amines) is 1. The quantitative estimate of drug-likeness (QED) is 0.838. The van der Waals surface area contributed by atoms with Crippen LogP contribution >= 0.6 is 0 Å². The zero-order valence-electron chi connectivity index (χ0n) is 14.3. The van der Waals surface area contributed by atoms with Crippen LogP contribution in [0.2, 0.25) is 0 Å². The van der Waals surface area contributed by atoms with Crippen LogP contribution in [0.25, 0.3) is 0 Å². The molecule has 1 saturated heterocycles. The molecule has 0 saturated carbocycles. The van der Waals surface area contributed by atoms with Gasteiger partial charge in [-0.2, -0.15) is 5.26 Å². The van der Waals surface area contributed by atoms with Crippen molar-refractivity contribution in [1.29, 1.82) is 5.26 Å². The normalized spacial score (nSPS) is 19.4. The number of rotatable bonds is 3. The van der Waals surface area contributed by atoms with Gasteiger partial charge >= 0.3 is 6.09 Å². The molecule has 1 aliphatic heterocycles. The third-order valence-electron chi connectivity index (χ3n) is 3.71. The third-order valence-corrected chi connectivity index (χ3v) is 5.15. The van der Waals surface area contributed by atoms with Crippen LogP contribution in [0.4, 0.5) is 4.79 Å². The number of amides is 1. The molecule has 0 bridgehead atoms. The minimum Gasteiger partial charge on any atom is -0.444 e. The second-order valence-electron chi connectivity index (χ2n) is 6.80. The van der Waals surface area contributed by atoms with E-state index in [0.717, 1.165) is 19.3 Å². The molecule has 1 aromatic heterocycles. The highest BCUT2D eigenvalue weighted by molar-refractivity contribution is 7.85. The van der Waals surface area contributed by atoms with Crippen molar-refractivity contribution in [1.82, 2.24) is 9.88 Å². The van der Waals surface area contributed by atoms with Gasteiger partial charge in [0.1, 0.15) is 16.7 Å². The number of hydrogen-bond acceptors (Lipinski definition) is 5. The summed E-state index contributed by atoms with van der Waals surface area (Å²) < 4.78 is 18.1. The lowest BCUT2D eigenvalue weighted by Crippen LogP contribution is -2.48. The van der Waals surface area contributed by atoms with Gasteiger partial charge < -0.3 is 9.64 Å². The van der Waals surface area contributed by atoms with Crippen molar-refractivity contribution in [2.45, 2.75) is 56.7 Å². The first kappa shape index (κ1) is 18.4. The van der Waals surface area contributed by atoms with Crippen molar-refractivity contribution in [3.63, 3.8) is 0 Å². The Labute approximate surface area is 145 Å². The van der Waals surface area contributed by atoms with Gasteiger partial charge in [0.25, 0.3) is 0 Å². The van der Waals surface area contributed by atoms with Crippen molar-refractivity contribution < 1.29 is 13.7 Å². The van der Waals surface area contributed by atoms with Crippen molar-refractivity contribution in [2.24, 2.45) is 0 Å². The zero-order chi connectivity index (χ0) is 17.7. The van der Waals surface area contributed by atoms with Gasteiger partial charge in [-0.15, -0.1) is 0 Å². The van der Waals surface area contributed by atoms with Gasteiger partial charge in [0.15, 0.2) is 0 Å². The lowest BCUT2D eigenvalue weighted by molar-refractivity contribution is 0.0125. The van der Waals surface area contributed by atoms with Gasteiger partial charge in [0, 0.05) is 18.8 Å². The summed E-state index contributed by atoms with van der Waals surface area (Å²) in [6.45, 7) is 6.09. The molecule has 130 valence electrons. The van der Waals surface area contributed by atoms with Crippen LogP contribution in [0.1, 0.15) is 45.6 Å². The molecular formula is C17H23N3O3S. The first-order valence-corrected chi connectivity index (χ1v) is 9.37. The maximum Gasteiger partial charge on any atom is 0.410 e. The monoisotopic (exact) mass is 349 g/mol. The molecule has 0 aromatic carbocycles. The predicted octanol–water partition coefficient (Wildman–Crippen LogP) is 2.85. The first-order chi connectivity index (χ1) is 11.3. The fourth-order valence-corrected chi connectivity index (χ4v) is 4.04. The SMILES string of the molecule is CC(C)(C)OC(=O)N1CCCC[C@@H]1C[S@@](=O)c1ncccc1C#N. The van der Waals surface area contributed by atoms with Gasteiger partial charge in [0.05, 0.1) is 22.1 Å². The van der Waals surface area contributed by atoms with E-state index in [-0.39, 0.29) is 22.9 Å². The summed E-state index contributed by atoms with van der Waals surface area (Å²) in [6.07, 6.45) is 3.83. The number of carbonyl (C=O) groups excluding carboxylic acids is 1. The van der Waals surface area contributed by atoms with Crippen molar-refractivity contribution in [3.05, 3.63) is 23.9 Å². The highest BCUT2D eigenvalue weighted by Gasteiger charge is 2.32. The Balaban J connectivity index is 2.12. The molecule has 2 atom stereocenters. The lowest BCUT2D eigenvalue weighted by Gasteiger charge is -2.36. The van der Waals surface area contributed by atoms with E-state index in [1.54, 1.807) is 17.0 Å². The molecule has 0 radical (unpaired) electrons. The second-order valence-corrected chi connectivity index (χ2v) is 8.21. The molecule has 0 unspecified atom stereocenters. The summed E-state index contributed by atoms with van der Waals surface area (Å²) >= 11 is 0. The fraction of sp³-hybridized carbons (Fsp3) is 0.588. The maximum atomic E-state index is 12.7. The van der Waals surface area contributed by atoms with Gasteiger partial charge in [-0.25, -0.2) is 9.78 Å². The minimum absolute atomic E-state index is 0.164. The van der Waals surface area contributed by atoms with Crippen LogP contribution in [-0.4, -0.2) is 44.1 Å². The van der Waals surface area contributed by atoms with E-state index in [0.29, 0.717) is 12.1 Å². The fourth-order valence-electron chi connectivity index (χ4n) is 2.65. The summed E-state index contributed by atoms with van der Waals surface area (Å²) in [6, 6.07) is 5.10. The summed E-state index contributed by atoms with van der Waals surface area (Å²) in [5, 5.41) is 9.42. The molecule has 6 nitrogen and oxygen atoms in total. The average Bonchev–Trinajstić information content (AvgIpc) is 2.53. The van der Waals surface area contributed by atoms with E-state index in [1.165, 1.54) is 6.20 Å². The molecule has 0 spiro atoms. The lowest BCUT2D eigenvalue weighted by atomic mass is 10.0. The van der Waals surface area contributed by atoms with Crippen molar-refractivity contribution in [3.8, 4) is 6.07 Å². The number of hydrogen-bond donors (Lipinski definition) is 0. The van der Waals surface area contributed by atoms with Crippen LogP contribution < -0.4 is 0 Å². The number of pyridine rings is 1. The molecule has 7 heteroatoms. The van der Waals surface area contributed by atoms with E-state index in [1.807, 2.05) is 26.8 Å². The van der Waals surface area contributed by atoms with Gasteiger partial charge in [0.2, 0.25) is 0 Å². The summed E-state index contributed by atoms with van der Waals surface area (Å²) in [4.78, 5) is 18.2. The van der Waals surface area contributed by atoms with Crippen molar-refractivity contribution >= 4 is 16.9 Å². The molecule has 1 fully saturated rings.